The van der Waals surface area contributed by atoms with E-state index in [0.717, 1.165) is 25.2 Å². The molecule has 6 heteroatoms. The van der Waals surface area contributed by atoms with Gasteiger partial charge < -0.3 is 15.8 Å². The molecular formula is C15H31ClN2O2S. The van der Waals surface area contributed by atoms with Crippen molar-refractivity contribution in [2.45, 2.75) is 57.6 Å². The molecule has 1 rings (SSSR count). The highest BCUT2D eigenvalue weighted by atomic mass is 35.5. The Hall–Kier alpha value is 0.0300. The first-order chi connectivity index (χ1) is 9.69. The molecule has 0 heterocycles. The van der Waals surface area contributed by atoms with Crippen molar-refractivity contribution in [1.29, 1.82) is 0 Å². The average Bonchev–Trinajstić information content (AvgIpc) is 2.97. The average molecular weight is 339 g/mol. The van der Waals surface area contributed by atoms with E-state index in [1.807, 2.05) is 13.2 Å². The van der Waals surface area contributed by atoms with E-state index in [1.54, 1.807) is 11.8 Å². The molecule has 1 aliphatic carbocycles. The van der Waals surface area contributed by atoms with Crippen molar-refractivity contribution in [3.05, 3.63) is 0 Å². The molecule has 0 saturated heterocycles. The summed E-state index contributed by atoms with van der Waals surface area (Å²) in [5.74, 6) is 1.58. The second-order valence-electron chi connectivity index (χ2n) is 5.51. The van der Waals surface area contributed by atoms with Crippen molar-refractivity contribution in [2.24, 2.45) is 11.7 Å². The van der Waals surface area contributed by atoms with Gasteiger partial charge in [0, 0.05) is 13.2 Å². The van der Waals surface area contributed by atoms with Crippen LogP contribution >= 0.6 is 24.2 Å². The van der Waals surface area contributed by atoms with Crippen LogP contribution in [0.5, 0.6) is 0 Å². The molecule has 2 atom stereocenters. The van der Waals surface area contributed by atoms with Crippen molar-refractivity contribution >= 4 is 30.1 Å². The quantitative estimate of drug-likeness (QED) is 0.642. The second-order valence-corrected chi connectivity index (χ2v) is 6.49. The summed E-state index contributed by atoms with van der Waals surface area (Å²) in [5, 5.41) is 2.95. The highest BCUT2D eigenvalue weighted by molar-refractivity contribution is 7.98. The van der Waals surface area contributed by atoms with Gasteiger partial charge in [0.1, 0.15) is 0 Å². The van der Waals surface area contributed by atoms with E-state index in [-0.39, 0.29) is 24.4 Å². The first-order valence-corrected chi connectivity index (χ1v) is 9.22. The Morgan fingerprint density at radius 1 is 1.38 bits per heavy atom. The summed E-state index contributed by atoms with van der Waals surface area (Å²) in [6, 6.07) is -0.375. The monoisotopic (exact) mass is 338 g/mol. The van der Waals surface area contributed by atoms with Crippen molar-refractivity contribution in [2.75, 3.05) is 25.2 Å². The van der Waals surface area contributed by atoms with Gasteiger partial charge in [-0.2, -0.15) is 11.8 Å². The number of halogens is 1. The van der Waals surface area contributed by atoms with E-state index in [9.17, 15) is 4.79 Å². The first-order valence-electron chi connectivity index (χ1n) is 7.82. The van der Waals surface area contributed by atoms with Crippen molar-refractivity contribution in [1.82, 2.24) is 5.32 Å². The molecule has 1 unspecified atom stereocenters. The summed E-state index contributed by atoms with van der Waals surface area (Å²) < 4.78 is 5.85. The highest BCUT2D eigenvalue weighted by Crippen LogP contribution is 2.30. The fourth-order valence-corrected chi connectivity index (χ4v) is 3.33. The Morgan fingerprint density at radius 3 is 2.62 bits per heavy atom. The van der Waals surface area contributed by atoms with Gasteiger partial charge >= 0.3 is 0 Å². The molecule has 0 aliphatic heterocycles. The number of ether oxygens (including phenoxy) is 1. The van der Waals surface area contributed by atoms with Gasteiger partial charge in [-0.1, -0.05) is 12.8 Å². The summed E-state index contributed by atoms with van der Waals surface area (Å²) in [5.41, 5.74) is 5.84. The number of carbonyl (C=O) groups excluding carboxylic acids is 1. The molecule has 0 aromatic heterocycles. The van der Waals surface area contributed by atoms with Crippen LogP contribution in [-0.4, -0.2) is 43.2 Å². The van der Waals surface area contributed by atoms with E-state index in [2.05, 4.69) is 5.32 Å². The standard InChI is InChI=1S/C15H30N2O2S.ClH/c1-3-19-14(12-6-4-5-7-12)8-10-17-15(18)13(16)9-11-20-2;/h12-14H,3-11,16H2,1-2H3,(H,17,18);1H/t13-,14?;/m0./s1. The summed E-state index contributed by atoms with van der Waals surface area (Å²) in [6.07, 6.45) is 9.14. The van der Waals surface area contributed by atoms with E-state index >= 15 is 0 Å². The Bertz CT molecular complexity index is 276. The summed E-state index contributed by atoms with van der Waals surface area (Å²) >= 11 is 1.72. The lowest BCUT2D eigenvalue weighted by molar-refractivity contribution is -0.122. The molecule has 0 bridgehead atoms. The minimum absolute atomic E-state index is 0. The largest absolute Gasteiger partial charge is 0.378 e. The van der Waals surface area contributed by atoms with Gasteiger partial charge in [0.25, 0.3) is 0 Å². The van der Waals surface area contributed by atoms with Crippen molar-refractivity contribution < 1.29 is 9.53 Å². The van der Waals surface area contributed by atoms with Gasteiger partial charge in [0.15, 0.2) is 0 Å². The molecule has 1 aliphatic rings. The van der Waals surface area contributed by atoms with Crippen LogP contribution in [-0.2, 0) is 9.53 Å². The zero-order chi connectivity index (χ0) is 14.8. The number of thioether (sulfide) groups is 1. The smallest absolute Gasteiger partial charge is 0.236 e. The highest BCUT2D eigenvalue weighted by Gasteiger charge is 2.25. The maximum Gasteiger partial charge on any atom is 0.236 e. The molecule has 1 fully saturated rings. The maximum atomic E-state index is 11.8. The number of nitrogens with two attached hydrogens (primary N) is 1. The van der Waals surface area contributed by atoms with Crippen LogP contribution in [0, 0.1) is 5.92 Å². The van der Waals surface area contributed by atoms with E-state index in [1.165, 1.54) is 25.7 Å². The van der Waals surface area contributed by atoms with Gasteiger partial charge in [-0.25, -0.2) is 0 Å². The number of hydrogen-bond acceptors (Lipinski definition) is 4. The van der Waals surface area contributed by atoms with Crippen LogP contribution in [0.1, 0.15) is 45.4 Å². The van der Waals surface area contributed by atoms with Crippen LogP contribution in [0.4, 0.5) is 0 Å². The zero-order valence-electron chi connectivity index (χ0n) is 13.3. The van der Waals surface area contributed by atoms with Crippen LogP contribution < -0.4 is 11.1 Å². The third-order valence-electron chi connectivity index (χ3n) is 4.00. The van der Waals surface area contributed by atoms with Crippen molar-refractivity contribution in [3.63, 3.8) is 0 Å². The molecular weight excluding hydrogens is 308 g/mol. The second kappa shape index (κ2) is 12.6. The van der Waals surface area contributed by atoms with Gasteiger partial charge in [-0.3, -0.25) is 4.79 Å². The molecule has 0 aromatic rings. The Labute approximate surface area is 139 Å². The van der Waals surface area contributed by atoms with Crippen LogP contribution in [0.25, 0.3) is 0 Å². The minimum Gasteiger partial charge on any atom is -0.378 e. The lowest BCUT2D eigenvalue weighted by atomic mass is 9.98. The van der Waals surface area contributed by atoms with Crippen LogP contribution in [0.3, 0.4) is 0 Å². The SMILES string of the molecule is CCOC(CCNC(=O)[C@@H](N)CCSC)C1CCCC1.Cl. The summed E-state index contributed by atoms with van der Waals surface area (Å²) in [7, 11) is 0. The number of hydrogen-bond donors (Lipinski definition) is 2. The third kappa shape index (κ3) is 8.29. The molecule has 1 amide bonds. The molecule has 0 spiro atoms. The van der Waals surface area contributed by atoms with E-state index < -0.39 is 0 Å². The number of rotatable bonds is 10. The van der Waals surface area contributed by atoms with Gasteiger partial charge in [-0.05, 0) is 50.5 Å². The molecule has 3 N–H and O–H groups in total. The molecule has 4 nitrogen and oxygen atoms in total. The van der Waals surface area contributed by atoms with Crippen LogP contribution in [0.15, 0.2) is 0 Å². The Kier molecular flexibility index (Phi) is 12.6. The zero-order valence-corrected chi connectivity index (χ0v) is 14.9. The molecule has 0 radical (unpaired) electrons. The Morgan fingerprint density at radius 2 is 2.05 bits per heavy atom. The topological polar surface area (TPSA) is 64.3 Å². The van der Waals surface area contributed by atoms with Gasteiger partial charge in [-0.15, -0.1) is 12.4 Å². The number of carbonyl (C=O) groups is 1. The molecule has 1 saturated carbocycles. The fourth-order valence-electron chi connectivity index (χ4n) is 2.84. The molecule has 21 heavy (non-hydrogen) atoms. The normalized spacial score (nSPS) is 18.0. The van der Waals surface area contributed by atoms with E-state index in [0.29, 0.717) is 18.6 Å². The van der Waals surface area contributed by atoms with Crippen molar-refractivity contribution in [3.8, 4) is 0 Å². The Balaban J connectivity index is 0.00000400. The maximum absolute atomic E-state index is 11.8. The van der Waals surface area contributed by atoms with Gasteiger partial charge in [0.05, 0.1) is 12.1 Å². The van der Waals surface area contributed by atoms with Crippen LogP contribution in [0.2, 0.25) is 0 Å². The lowest BCUT2D eigenvalue weighted by Gasteiger charge is -2.23. The first kappa shape index (κ1) is 21.0. The molecule has 0 aromatic carbocycles. The fraction of sp³-hybridized carbons (Fsp3) is 0.933. The minimum atomic E-state index is -0.375. The van der Waals surface area contributed by atoms with Gasteiger partial charge in [0.2, 0.25) is 5.91 Å². The third-order valence-corrected chi connectivity index (χ3v) is 4.65. The predicted octanol–water partition coefficient (Wildman–Crippen LogP) is 2.59. The van der Waals surface area contributed by atoms with E-state index in [4.69, 9.17) is 10.5 Å². The summed E-state index contributed by atoms with van der Waals surface area (Å²) in [6.45, 7) is 3.47. The number of nitrogens with one attached hydrogen (secondary N) is 1. The predicted molar refractivity (Wildman–Crippen MR) is 93.2 cm³/mol. The lowest BCUT2D eigenvalue weighted by Crippen LogP contribution is -2.42. The summed E-state index contributed by atoms with van der Waals surface area (Å²) in [4.78, 5) is 11.8. The number of amides is 1. The molecule has 126 valence electrons.